The molecule has 1 saturated carbocycles. The highest BCUT2D eigenvalue weighted by molar-refractivity contribution is 7.47. The molecule has 1 saturated heterocycles. The minimum atomic E-state index is -5.37. The van der Waals surface area contributed by atoms with Crippen molar-refractivity contribution in [3.63, 3.8) is 0 Å². The largest absolute Gasteiger partial charge is 0.472 e. The monoisotopic (exact) mass is 971 g/mol. The molecule has 1 heterocycles. The lowest BCUT2D eigenvalue weighted by molar-refractivity contribution is -0.338. The molecule has 13 unspecified atom stereocenters. The van der Waals surface area contributed by atoms with Gasteiger partial charge in [-0.25, -0.2) is 4.57 Å². The number of esters is 2. The molecule has 18 nitrogen and oxygen atoms in total. The van der Waals surface area contributed by atoms with E-state index in [0.29, 0.717) is 12.8 Å². The maximum atomic E-state index is 13.4. The van der Waals surface area contributed by atoms with Gasteiger partial charge in [0.1, 0.15) is 67.6 Å². The summed E-state index contributed by atoms with van der Waals surface area (Å²) in [5.41, 5.74) is 0. The van der Waals surface area contributed by atoms with Crippen molar-refractivity contribution in [2.75, 3.05) is 19.8 Å². The Balaban J connectivity index is 1.96. The lowest BCUT2D eigenvalue weighted by Gasteiger charge is -2.47. The average Bonchev–Trinajstić information content (AvgIpc) is 3.29. The van der Waals surface area contributed by atoms with Gasteiger partial charge in [-0.1, -0.05) is 142 Å². The van der Waals surface area contributed by atoms with Gasteiger partial charge in [0.05, 0.1) is 13.2 Å². The Hall–Kier alpha value is -1.61. The predicted molar refractivity (Wildman–Crippen MR) is 245 cm³/mol. The first kappa shape index (κ1) is 60.5. The summed E-state index contributed by atoms with van der Waals surface area (Å²) in [6.45, 7) is 2.20. The molecule has 0 aromatic carbocycles. The van der Waals surface area contributed by atoms with Gasteiger partial charge >= 0.3 is 19.8 Å². The average molecular weight is 971 g/mol. The summed E-state index contributed by atoms with van der Waals surface area (Å²) in [6, 6.07) is 0. The van der Waals surface area contributed by atoms with Gasteiger partial charge in [0, 0.05) is 12.8 Å². The number of phosphoric acid groups is 1. The van der Waals surface area contributed by atoms with Crippen LogP contribution < -0.4 is 0 Å². The summed E-state index contributed by atoms with van der Waals surface area (Å²) in [6.07, 6.45) is 7.34. The Kier molecular flexibility index (Phi) is 32.5. The van der Waals surface area contributed by atoms with E-state index in [4.69, 9.17) is 28.0 Å². The zero-order valence-electron chi connectivity index (χ0n) is 39.7. The van der Waals surface area contributed by atoms with E-state index in [0.717, 1.165) is 51.4 Å². The minimum absolute atomic E-state index is 0.0337. The number of allylic oxidation sites excluding steroid dienone is 2. The number of carbonyl (C=O) groups is 2. The Morgan fingerprint density at radius 3 is 1.52 bits per heavy atom. The van der Waals surface area contributed by atoms with Crippen molar-refractivity contribution in [1.29, 1.82) is 0 Å². The number of hydrogen-bond acceptors (Lipinski definition) is 17. The maximum absolute atomic E-state index is 13.4. The molecule has 2 fully saturated rings. The van der Waals surface area contributed by atoms with Crippen molar-refractivity contribution < 1.29 is 87.9 Å². The summed E-state index contributed by atoms with van der Waals surface area (Å²) >= 11 is 0. The number of ether oxygens (including phenoxy) is 4. The molecule has 9 N–H and O–H groups in total. The second kappa shape index (κ2) is 35.5. The fraction of sp³-hybridized carbons (Fsp3) is 0.915. The summed E-state index contributed by atoms with van der Waals surface area (Å²) in [7, 11) is -5.37. The summed E-state index contributed by atoms with van der Waals surface area (Å²) in [5, 5.41) is 82.9. The van der Waals surface area contributed by atoms with Crippen LogP contribution in [0.15, 0.2) is 12.2 Å². The Labute approximate surface area is 393 Å². The molecule has 0 radical (unpaired) electrons. The number of carbonyl (C=O) groups excluding carboxylic acids is 2. The zero-order valence-corrected chi connectivity index (χ0v) is 40.6. The van der Waals surface area contributed by atoms with E-state index in [1.165, 1.54) is 89.9 Å². The first-order valence-corrected chi connectivity index (χ1v) is 26.5. The molecule has 1 aliphatic heterocycles. The molecular formula is C47H87O18P. The van der Waals surface area contributed by atoms with E-state index in [-0.39, 0.29) is 12.8 Å². The molecular weight excluding hydrogens is 883 g/mol. The van der Waals surface area contributed by atoms with Gasteiger partial charge in [0.2, 0.25) is 0 Å². The lowest BCUT2D eigenvalue weighted by atomic mass is 9.84. The molecule has 388 valence electrons. The Morgan fingerprint density at radius 1 is 0.561 bits per heavy atom. The summed E-state index contributed by atoms with van der Waals surface area (Å²) in [4.78, 5) is 36.5. The number of rotatable bonds is 38. The SMILES string of the molecule is CCCCCCCCC/C=C\CCCCCC(=O)OCC(COP(=O)(O)OC1C(O)C(O)C(O)C(O)C1OC1OC(CO)C(O)C(O)C1O)OC(=O)CCCCCCCCCCCCCC. The van der Waals surface area contributed by atoms with E-state index < -0.39 is 113 Å². The molecule has 2 aliphatic rings. The fourth-order valence-corrected chi connectivity index (χ4v) is 9.02. The van der Waals surface area contributed by atoms with Crippen LogP contribution in [0, 0.1) is 0 Å². The molecule has 66 heavy (non-hydrogen) atoms. The number of unbranched alkanes of at least 4 members (excludes halogenated alkanes) is 21. The molecule has 19 heteroatoms. The lowest BCUT2D eigenvalue weighted by Crippen LogP contribution is -2.67. The number of phosphoric ester groups is 1. The van der Waals surface area contributed by atoms with Crippen molar-refractivity contribution in [2.45, 2.75) is 254 Å². The molecule has 0 aromatic heterocycles. The van der Waals surface area contributed by atoms with Crippen LogP contribution >= 0.6 is 7.82 Å². The second-order valence-electron chi connectivity index (χ2n) is 18.0. The molecule has 2 rings (SSSR count). The van der Waals surface area contributed by atoms with Crippen LogP contribution in [0.5, 0.6) is 0 Å². The van der Waals surface area contributed by atoms with Crippen LogP contribution in [0.4, 0.5) is 0 Å². The first-order chi connectivity index (χ1) is 31.7. The van der Waals surface area contributed by atoms with E-state index in [1.54, 1.807) is 0 Å². The maximum Gasteiger partial charge on any atom is 0.472 e. The highest BCUT2D eigenvalue weighted by Crippen LogP contribution is 2.48. The van der Waals surface area contributed by atoms with Crippen LogP contribution in [0.25, 0.3) is 0 Å². The van der Waals surface area contributed by atoms with E-state index in [1.807, 2.05) is 0 Å². The smallest absolute Gasteiger partial charge is 0.462 e. The Morgan fingerprint density at radius 2 is 1.00 bits per heavy atom. The van der Waals surface area contributed by atoms with Crippen molar-refractivity contribution in [2.24, 2.45) is 0 Å². The van der Waals surface area contributed by atoms with Crippen molar-refractivity contribution in [3.05, 3.63) is 12.2 Å². The van der Waals surface area contributed by atoms with Crippen molar-refractivity contribution in [3.8, 4) is 0 Å². The van der Waals surface area contributed by atoms with E-state index in [2.05, 4.69) is 26.0 Å². The summed E-state index contributed by atoms with van der Waals surface area (Å²) < 4.78 is 45.4. The highest BCUT2D eigenvalue weighted by Gasteiger charge is 2.55. The van der Waals surface area contributed by atoms with Crippen LogP contribution in [0.3, 0.4) is 0 Å². The number of aliphatic hydroxyl groups excluding tert-OH is 8. The third kappa shape index (κ3) is 24.3. The molecule has 0 bridgehead atoms. The third-order valence-electron chi connectivity index (χ3n) is 12.2. The second-order valence-corrected chi connectivity index (χ2v) is 19.4. The quantitative estimate of drug-likeness (QED) is 0.0164. The molecule has 0 spiro atoms. The molecule has 0 aromatic rings. The Bertz CT molecular complexity index is 1340. The van der Waals surface area contributed by atoms with Gasteiger partial charge in [-0.2, -0.15) is 0 Å². The number of aliphatic hydroxyl groups is 8. The highest BCUT2D eigenvalue weighted by atomic mass is 31.2. The summed E-state index contributed by atoms with van der Waals surface area (Å²) in [5.74, 6) is -1.23. The van der Waals surface area contributed by atoms with Crippen LogP contribution in [0.2, 0.25) is 0 Å². The van der Waals surface area contributed by atoms with Gasteiger partial charge in [-0.05, 0) is 38.5 Å². The standard InChI is InChI=1S/C47H87O18P/c1-3-5-7-9-11-13-15-17-18-20-21-23-25-27-29-36(49)60-32-34(62-37(50)30-28-26-24-22-19-16-14-12-10-8-6-4-2)33-61-66(58,59)65-46-43(56)41(54)40(53)42(55)45(46)64-47-44(57)39(52)38(51)35(31-48)63-47/h18,20,34-35,38-48,51-57H,3-17,19,21-33H2,1-2H3,(H,58,59)/b20-18-. The molecule has 0 amide bonds. The van der Waals surface area contributed by atoms with Crippen LogP contribution in [-0.4, -0.2) is 151 Å². The van der Waals surface area contributed by atoms with E-state index >= 15 is 0 Å². The normalized spacial score (nSPS) is 28.3. The molecule has 1 aliphatic carbocycles. The van der Waals surface area contributed by atoms with Gasteiger partial charge < -0.3 is 64.7 Å². The number of hydrogen-bond donors (Lipinski definition) is 9. The van der Waals surface area contributed by atoms with Crippen LogP contribution in [0.1, 0.15) is 181 Å². The topological polar surface area (TPSA) is 289 Å². The van der Waals surface area contributed by atoms with Gasteiger partial charge in [-0.3, -0.25) is 18.6 Å². The van der Waals surface area contributed by atoms with Crippen molar-refractivity contribution in [1.82, 2.24) is 0 Å². The zero-order chi connectivity index (χ0) is 48.7. The fourth-order valence-electron chi connectivity index (χ4n) is 8.05. The van der Waals surface area contributed by atoms with Gasteiger partial charge in [0.25, 0.3) is 0 Å². The van der Waals surface area contributed by atoms with Crippen LogP contribution in [-0.2, 0) is 42.1 Å². The predicted octanol–water partition coefficient (Wildman–Crippen LogP) is 5.32. The minimum Gasteiger partial charge on any atom is -0.462 e. The first-order valence-electron chi connectivity index (χ1n) is 25.0. The molecule has 13 atom stereocenters. The van der Waals surface area contributed by atoms with Gasteiger partial charge in [0.15, 0.2) is 12.4 Å². The third-order valence-corrected chi connectivity index (χ3v) is 13.2. The van der Waals surface area contributed by atoms with E-state index in [9.17, 15) is 59.9 Å². The van der Waals surface area contributed by atoms with Crippen molar-refractivity contribution >= 4 is 19.8 Å². The van der Waals surface area contributed by atoms with Gasteiger partial charge in [-0.15, -0.1) is 0 Å².